The van der Waals surface area contributed by atoms with Gasteiger partial charge in [-0.3, -0.25) is 0 Å². The summed E-state index contributed by atoms with van der Waals surface area (Å²) in [7, 11) is 1.54. The SMILES string of the molecule is CCCOc1ccccc1OCC(O)COC. The Bertz CT molecular complexity index is 314. The van der Waals surface area contributed by atoms with E-state index < -0.39 is 6.10 Å². The van der Waals surface area contributed by atoms with Gasteiger partial charge in [0.15, 0.2) is 11.5 Å². The van der Waals surface area contributed by atoms with E-state index in [0.717, 1.165) is 6.42 Å². The molecule has 0 heterocycles. The molecule has 1 aromatic carbocycles. The molecular formula is C13H20O4. The highest BCUT2D eigenvalue weighted by molar-refractivity contribution is 5.39. The summed E-state index contributed by atoms with van der Waals surface area (Å²) in [5, 5.41) is 9.49. The third-order valence-corrected chi connectivity index (χ3v) is 2.10. The molecule has 1 N–H and O–H groups in total. The fraction of sp³-hybridized carbons (Fsp3) is 0.538. The van der Waals surface area contributed by atoms with Crippen molar-refractivity contribution in [3.8, 4) is 11.5 Å². The van der Waals surface area contributed by atoms with Crippen molar-refractivity contribution in [2.24, 2.45) is 0 Å². The van der Waals surface area contributed by atoms with E-state index in [-0.39, 0.29) is 13.2 Å². The standard InChI is InChI=1S/C13H20O4/c1-3-8-16-12-6-4-5-7-13(12)17-10-11(14)9-15-2/h4-7,11,14H,3,8-10H2,1-2H3. The smallest absolute Gasteiger partial charge is 0.161 e. The lowest BCUT2D eigenvalue weighted by Crippen LogP contribution is -2.22. The Morgan fingerprint density at radius 1 is 1.12 bits per heavy atom. The van der Waals surface area contributed by atoms with Crippen LogP contribution in [0.15, 0.2) is 24.3 Å². The molecule has 0 radical (unpaired) electrons. The summed E-state index contributed by atoms with van der Waals surface area (Å²) in [6.45, 7) is 3.16. The summed E-state index contributed by atoms with van der Waals surface area (Å²) >= 11 is 0. The van der Waals surface area contributed by atoms with Crippen LogP contribution in [0.4, 0.5) is 0 Å². The molecule has 0 saturated heterocycles. The Morgan fingerprint density at radius 2 is 1.76 bits per heavy atom. The lowest BCUT2D eigenvalue weighted by Gasteiger charge is -2.14. The van der Waals surface area contributed by atoms with E-state index in [1.807, 2.05) is 31.2 Å². The van der Waals surface area contributed by atoms with Gasteiger partial charge in [0.05, 0.1) is 13.2 Å². The van der Waals surface area contributed by atoms with E-state index in [4.69, 9.17) is 14.2 Å². The van der Waals surface area contributed by atoms with E-state index in [9.17, 15) is 5.11 Å². The molecule has 0 spiro atoms. The quantitative estimate of drug-likeness (QED) is 0.753. The summed E-state index contributed by atoms with van der Waals surface area (Å²) < 4.78 is 15.9. The van der Waals surface area contributed by atoms with Crippen molar-refractivity contribution >= 4 is 0 Å². The Hall–Kier alpha value is -1.26. The number of rotatable bonds is 8. The van der Waals surface area contributed by atoms with Gasteiger partial charge in [-0.15, -0.1) is 0 Å². The first-order valence-electron chi connectivity index (χ1n) is 5.79. The predicted octanol–water partition coefficient (Wildman–Crippen LogP) is 1.86. The highest BCUT2D eigenvalue weighted by atomic mass is 16.5. The fourth-order valence-corrected chi connectivity index (χ4v) is 1.33. The first-order chi connectivity index (χ1) is 8.27. The molecule has 4 nitrogen and oxygen atoms in total. The maximum atomic E-state index is 9.49. The van der Waals surface area contributed by atoms with Crippen molar-refractivity contribution in [2.75, 3.05) is 26.9 Å². The fourth-order valence-electron chi connectivity index (χ4n) is 1.33. The molecule has 0 saturated carbocycles. The van der Waals surface area contributed by atoms with E-state index >= 15 is 0 Å². The predicted molar refractivity (Wildman–Crippen MR) is 65.6 cm³/mol. The van der Waals surface area contributed by atoms with E-state index in [2.05, 4.69) is 0 Å². The second-order valence-electron chi connectivity index (χ2n) is 3.72. The van der Waals surface area contributed by atoms with Crippen molar-refractivity contribution in [1.29, 1.82) is 0 Å². The van der Waals surface area contributed by atoms with Gasteiger partial charge < -0.3 is 19.3 Å². The van der Waals surface area contributed by atoms with Crippen LogP contribution in [0.1, 0.15) is 13.3 Å². The second kappa shape index (κ2) is 7.92. The van der Waals surface area contributed by atoms with Gasteiger partial charge >= 0.3 is 0 Å². The molecule has 0 bridgehead atoms. The molecule has 96 valence electrons. The minimum Gasteiger partial charge on any atom is -0.490 e. The zero-order chi connectivity index (χ0) is 12.5. The number of hydrogen-bond acceptors (Lipinski definition) is 4. The number of benzene rings is 1. The van der Waals surface area contributed by atoms with E-state index in [1.165, 1.54) is 0 Å². The Morgan fingerprint density at radius 3 is 2.35 bits per heavy atom. The zero-order valence-electron chi connectivity index (χ0n) is 10.4. The van der Waals surface area contributed by atoms with Crippen LogP contribution >= 0.6 is 0 Å². The highest BCUT2D eigenvalue weighted by Crippen LogP contribution is 2.26. The average molecular weight is 240 g/mol. The van der Waals surface area contributed by atoms with E-state index in [1.54, 1.807) is 7.11 Å². The van der Waals surface area contributed by atoms with Gasteiger partial charge in [0.25, 0.3) is 0 Å². The van der Waals surface area contributed by atoms with Gasteiger partial charge in [-0.05, 0) is 18.6 Å². The van der Waals surface area contributed by atoms with E-state index in [0.29, 0.717) is 18.1 Å². The maximum absolute atomic E-state index is 9.49. The molecule has 0 amide bonds. The molecule has 1 atom stereocenters. The van der Waals surface area contributed by atoms with Crippen molar-refractivity contribution in [1.82, 2.24) is 0 Å². The Kier molecular flexibility index (Phi) is 6.43. The van der Waals surface area contributed by atoms with Gasteiger partial charge in [-0.2, -0.15) is 0 Å². The monoisotopic (exact) mass is 240 g/mol. The molecule has 17 heavy (non-hydrogen) atoms. The van der Waals surface area contributed by atoms with Crippen LogP contribution in [-0.4, -0.2) is 38.1 Å². The topological polar surface area (TPSA) is 47.9 Å². The Labute approximate surface area is 102 Å². The highest BCUT2D eigenvalue weighted by Gasteiger charge is 2.08. The number of aliphatic hydroxyl groups excluding tert-OH is 1. The van der Waals surface area contributed by atoms with Crippen LogP contribution in [-0.2, 0) is 4.74 Å². The minimum absolute atomic E-state index is 0.195. The number of aliphatic hydroxyl groups is 1. The number of hydrogen-bond donors (Lipinski definition) is 1. The molecule has 0 aliphatic rings. The molecule has 0 aromatic heterocycles. The molecule has 0 aliphatic carbocycles. The third kappa shape index (κ3) is 5.06. The molecule has 0 fully saturated rings. The lowest BCUT2D eigenvalue weighted by atomic mass is 10.3. The van der Waals surface area contributed by atoms with Gasteiger partial charge in [0, 0.05) is 7.11 Å². The number of para-hydroxylation sites is 2. The minimum atomic E-state index is -0.626. The normalized spacial score (nSPS) is 12.2. The van der Waals surface area contributed by atoms with Crippen LogP contribution in [0, 0.1) is 0 Å². The number of methoxy groups -OCH3 is 1. The van der Waals surface area contributed by atoms with Gasteiger partial charge in [-0.25, -0.2) is 0 Å². The van der Waals surface area contributed by atoms with Crippen LogP contribution in [0.2, 0.25) is 0 Å². The van der Waals surface area contributed by atoms with Gasteiger partial charge in [0.1, 0.15) is 12.7 Å². The number of ether oxygens (including phenoxy) is 3. The summed E-state index contributed by atoms with van der Waals surface area (Å²) in [6.07, 6.45) is 0.319. The van der Waals surface area contributed by atoms with Crippen LogP contribution < -0.4 is 9.47 Å². The lowest BCUT2D eigenvalue weighted by molar-refractivity contribution is 0.0317. The van der Waals surface area contributed by atoms with Crippen molar-refractivity contribution in [3.05, 3.63) is 24.3 Å². The first kappa shape index (κ1) is 13.8. The van der Waals surface area contributed by atoms with Crippen LogP contribution in [0.3, 0.4) is 0 Å². The largest absolute Gasteiger partial charge is 0.490 e. The molecule has 0 aliphatic heterocycles. The molecule has 1 aromatic rings. The van der Waals surface area contributed by atoms with Crippen molar-refractivity contribution < 1.29 is 19.3 Å². The maximum Gasteiger partial charge on any atom is 0.161 e. The zero-order valence-corrected chi connectivity index (χ0v) is 10.4. The van der Waals surface area contributed by atoms with Crippen LogP contribution in [0.25, 0.3) is 0 Å². The third-order valence-electron chi connectivity index (χ3n) is 2.10. The molecule has 1 rings (SSSR count). The van der Waals surface area contributed by atoms with Gasteiger partial charge in [0.2, 0.25) is 0 Å². The summed E-state index contributed by atoms with van der Waals surface area (Å²) in [4.78, 5) is 0. The first-order valence-corrected chi connectivity index (χ1v) is 5.79. The molecule has 4 heteroatoms. The molecular weight excluding hydrogens is 220 g/mol. The molecule has 1 unspecified atom stereocenters. The Balaban J connectivity index is 2.51. The summed E-state index contributed by atoms with van der Waals surface area (Å²) in [5.41, 5.74) is 0. The van der Waals surface area contributed by atoms with Crippen LogP contribution in [0.5, 0.6) is 11.5 Å². The second-order valence-corrected chi connectivity index (χ2v) is 3.72. The average Bonchev–Trinajstić information content (AvgIpc) is 2.35. The summed E-state index contributed by atoms with van der Waals surface area (Å²) in [6, 6.07) is 7.44. The summed E-state index contributed by atoms with van der Waals surface area (Å²) in [5.74, 6) is 1.36. The van der Waals surface area contributed by atoms with Crippen molar-refractivity contribution in [3.63, 3.8) is 0 Å². The van der Waals surface area contributed by atoms with Crippen molar-refractivity contribution in [2.45, 2.75) is 19.4 Å². The van der Waals surface area contributed by atoms with Gasteiger partial charge in [-0.1, -0.05) is 19.1 Å².